The van der Waals surface area contributed by atoms with Crippen molar-refractivity contribution in [3.05, 3.63) is 29.4 Å². The first-order valence-corrected chi connectivity index (χ1v) is 7.82. The van der Waals surface area contributed by atoms with Gasteiger partial charge in [0.15, 0.2) is 5.82 Å². The number of amides is 1. The fourth-order valence-electron chi connectivity index (χ4n) is 2.41. The second kappa shape index (κ2) is 7.31. The van der Waals surface area contributed by atoms with E-state index in [2.05, 4.69) is 20.5 Å². The van der Waals surface area contributed by atoms with E-state index < -0.39 is 0 Å². The average Bonchev–Trinajstić information content (AvgIpc) is 2.62. The number of rotatable bonds is 5. The largest absolute Gasteiger partial charge is 0.495 e. The molecule has 0 bridgehead atoms. The van der Waals surface area contributed by atoms with Crippen LogP contribution in [0, 0.1) is 0 Å². The van der Waals surface area contributed by atoms with Crippen LogP contribution in [0.1, 0.15) is 0 Å². The van der Waals surface area contributed by atoms with E-state index in [-0.39, 0.29) is 0 Å². The molecule has 1 amide bonds. The molecule has 1 aromatic carbocycles. The van der Waals surface area contributed by atoms with Gasteiger partial charge in [-0.25, -0.2) is 0 Å². The molecule has 0 saturated carbocycles. The second-order valence-corrected chi connectivity index (χ2v) is 5.65. The molecule has 1 fully saturated rings. The minimum atomic E-state index is 0.509. The van der Waals surface area contributed by atoms with Gasteiger partial charge >= 0.3 is 0 Å². The highest BCUT2D eigenvalue weighted by Gasteiger charge is 2.18. The van der Waals surface area contributed by atoms with Gasteiger partial charge < -0.3 is 19.9 Å². The first kappa shape index (κ1) is 16.3. The zero-order valence-electron chi connectivity index (χ0n) is 13.1. The second-order valence-electron chi connectivity index (χ2n) is 5.24. The van der Waals surface area contributed by atoms with E-state index >= 15 is 0 Å². The standard InChI is InChI=1S/C15H17ClN6O2/c1-24-13-3-2-11(8-12(13)16)18-14-9-17-20-15(19-14)22-6-4-21(10-23)5-7-22/h2-3,8-10H,4-7H2,1H3,(H,18,19,20). The summed E-state index contributed by atoms with van der Waals surface area (Å²) in [6, 6.07) is 5.37. The van der Waals surface area contributed by atoms with Crippen LogP contribution >= 0.6 is 11.6 Å². The molecule has 0 unspecified atom stereocenters. The zero-order valence-corrected chi connectivity index (χ0v) is 13.9. The van der Waals surface area contributed by atoms with Crippen LogP contribution in [-0.4, -0.2) is 59.8 Å². The third-order valence-electron chi connectivity index (χ3n) is 3.72. The lowest BCUT2D eigenvalue weighted by atomic mass is 10.3. The minimum Gasteiger partial charge on any atom is -0.495 e. The third kappa shape index (κ3) is 3.65. The Kier molecular flexibility index (Phi) is 4.95. The number of carbonyl (C=O) groups excluding carboxylic acids is 1. The molecule has 2 aromatic rings. The van der Waals surface area contributed by atoms with Crippen molar-refractivity contribution in [3.8, 4) is 5.75 Å². The number of methoxy groups -OCH3 is 1. The lowest BCUT2D eigenvalue weighted by molar-refractivity contribution is -0.118. The normalized spacial score (nSPS) is 14.4. The van der Waals surface area contributed by atoms with Crippen molar-refractivity contribution in [2.45, 2.75) is 0 Å². The summed E-state index contributed by atoms with van der Waals surface area (Å²) < 4.78 is 5.13. The topological polar surface area (TPSA) is 83.5 Å². The summed E-state index contributed by atoms with van der Waals surface area (Å²) in [6.45, 7) is 2.66. The molecular formula is C15H17ClN6O2. The molecule has 0 atom stereocenters. The number of anilines is 3. The minimum absolute atomic E-state index is 0.509. The summed E-state index contributed by atoms with van der Waals surface area (Å²) in [5.74, 6) is 1.71. The first-order valence-electron chi connectivity index (χ1n) is 7.44. The van der Waals surface area contributed by atoms with Crippen LogP contribution < -0.4 is 15.0 Å². The number of halogens is 1. The van der Waals surface area contributed by atoms with Gasteiger partial charge in [-0.15, -0.1) is 5.10 Å². The van der Waals surface area contributed by atoms with Crippen molar-refractivity contribution in [2.75, 3.05) is 43.5 Å². The molecule has 1 N–H and O–H groups in total. The van der Waals surface area contributed by atoms with Gasteiger partial charge in [0.2, 0.25) is 12.4 Å². The van der Waals surface area contributed by atoms with Crippen LogP contribution in [0.5, 0.6) is 5.75 Å². The van der Waals surface area contributed by atoms with Crippen molar-refractivity contribution >= 4 is 35.5 Å². The molecule has 1 aliphatic rings. The summed E-state index contributed by atoms with van der Waals surface area (Å²) in [4.78, 5) is 19.0. The van der Waals surface area contributed by atoms with E-state index in [0.717, 1.165) is 12.1 Å². The van der Waals surface area contributed by atoms with Gasteiger partial charge in [0, 0.05) is 31.9 Å². The first-order chi connectivity index (χ1) is 11.7. The molecule has 126 valence electrons. The molecule has 0 aliphatic carbocycles. The number of carbonyl (C=O) groups is 1. The number of hydrogen-bond donors (Lipinski definition) is 1. The lowest BCUT2D eigenvalue weighted by Gasteiger charge is -2.32. The average molecular weight is 349 g/mol. The molecular weight excluding hydrogens is 332 g/mol. The Labute approximate surface area is 144 Å². The van der Waals surface area contributed by atoms with E-state index in [1.54, 1.807) is 30.3 Å². The Morgan fingerprint density at radius 2 is 2.08 bits per heavy atom. The Bertz CT molecular complexity index is 721. The van der Waals surface area contributed by atoms with Gasteiger partial charge in [-0.3, -0.25) is 4.79 Å². The molecule has 1 saturated heterocycles. The lowest BCUT2D eigenvalue weighted by Crippen LogP contribution is -2.46. The maximum Gasteiger partial charge on any atom is 0.247 e. The summed E-state index contributed by atoms with van der Waals surface area (Å²) in [6.07, 6.45) is 2.41. The van der Waals surface area contributed by atoms with Crippen LogP contribution in [0.4, 0.5) is 17.5 Å². The Morgan fingerprint density at radius 1 is 1.29 bits per heavy atom. The smallest absolute Gasteiger partial charge is 0.247 e. The van der Waals surface area contributed by atoms with Gasteiger partial charge in [-0.05, 0) is 18.2 Å². The van der Waals surface area contributed by atoms with Crippen molar-refractivity contribution < 1.29 is 9.53 Å². The number of hydrogen-bond acceptors (Lipinski definition) is 7. The van der Waals surface area contributed by atoms with E-state index in [9.17, 15) is 4.79 Å². The maximum absolute atomic E-state index is 10.8. The van der Waals surface area contributed by atoms with Crippen LogP contribution in [0.2, 0.25) is 5.02 Å². The van der Waals surface area contributed by atoms with Crippen molar-refractivity contribution in [1.82, 2.24) is 20.1 Å². The number of aromatic nitrogens is 3. The van der Waals surface area contributed by atoms with Gasteiger partial charge in [0.25, 0.3) is 0 Å². The molecule has 0 spiro atoms. The molecule has 3 rings (SSSR count). The quantitative estimate of drug-likeness (QED) is 0.821. The number of nitrogens with one attached hydrogen (secondary N) is 1. The van der Waals surface area contributed by atoms with E-state index in [1.165, 1.54) is 0 Å². The van der Waals surface area contributed by atoms with E-state index in [1.807, 2.05) is 11.0 Å². The monoisotopic (exact) mass is 348 g/mol. The van der Waals surface area contributed by atoms with Crippen molar-refractivity contribution in [3.63, 3.8) is 0 Å². The zero-order chi connectivity index (χ0) is 16.9. The van der Waals surface area contributed by atoms with Gasteiger partial charge in [-0.2, -0.15) is 10.1 Å². The predicted octanol–water partition coefficient (Wildman–Crippen LogP) is 1.56. The fourth-order valence-corrected chi connectivity index (χ4v) is 2.67. The summed E-state index contributed by atoms with van der Waals surface area (Å²) in [7, 11) is 1.57. The Balaban J connectivity index is 1.71. The van der Waals surface area contributed by atoms with E-state index in [0.29, 0.717) is 48.7 Å². The van der Waals surface area contributed by atoms with E-state index in [4.69, 9.17) is 16.3 Å². The number of nitrogens with zero attached hydrogens (tertiary/aromatic N) is 5. The van der Waals surface area contributed by atoms with Crippen LogP contribution in [-0.2, 0) is 4.79 Å². The molecule has 24 heavy (non-hydrogen) atoms. The molecule has 8 nitrogen and oxygen atoms in total. The van der Waals surface area contributed by atoms with Crippen LogP contribution in [0.15, 0.2) is 24.4 Å². The number of piperazine rings is 1. The highest BCUT2D eigenvalue weighted by Crippen LogP contribution is 2.28. The molecule has 0 radical (unpaired) electrons. The van der Waals surface area contributed by atoms with Crippen molar-refractivity contribution in [1.29, 1.82) is 0 Å². The number of benzene rings is 1. The third-order valence-corrected chi connectivity index (χ3v) is 4.01. The molecule has 9 heteroatoms. The van der Waals surface area contributed by atoms with Crippen LogP contribution in [0.25, 0.3) is 0 Å². The molecule has 1 aliphatic heterocycles. The predicted molar refractivity (Wildman–Crippen MR) is 91.0 cm³/mol. The Morgan fingerprint density at radius 3 is 2.75 bits per heavy atom. The summed E-state index contributed by atoms with van der Waals surface area (Å²) >= 11 is 6.12. The SMILES string of the molecule is COc1ccc(Nc2cnnc(N3CCN(C=O)CC3)n2)cc1Cl. The fraction of sp³-hybridized carbons (Fsp3) is 0.333. The highest BCUT2D eigenvalue weighted by molar-refractivity contribution is 6.32. The van der Waals surface area contributed by atoms with Gasteiger partial charge in [0.05, 0.1) is 18.3 Å². The van der Waals surface area contributed by atoms with Gasteiger partial charge in [-0.1, -0.05) is 11.6 Å². The van der Waals surface area contributed by atoms with Crippen molar-refractivity contribution in [2.24, 2.45) is 0 Å². The van der Waals surface area contributed by atoms with Crippen LogP contribution in [0.3, 0.4) is 0 Å². The molecule has 1 aromatic heterocycles. The Hall–Kier alpha value is -2.61. The highest BCUT2D eigenvalue weighted by atomic mass is 35.5. The van der Waals surface area contributed by atoms with Gasteiger partial charge in [0.1, 0.15) is 5.75 Å². The summed E-state index contributed by atoms with van der Waals surface area (Å²) in [5.41, 5.74) is 0.776. The number of ether oxygens (including phenoxy) is 1. The summed E-state index contributed by atoms with van der Waals surface area (Å²) in [5, 5.41) is 11.7. The maximum atomic E-state index is 10.8. The molecule has 2 heterocycles.